The Morgan fingerprint density at radius 3 is 2.12 bits per heavy atom. The SMILES string of the molecule is CC(=O)Nc1cccc(NC(=O)CN(c2ccc(C)cc2C)S(=O)(=O)c2ccccc2)c1. The van der Waals surface area contributed by atoms with Crippen LogP contribution < -0.4 is 14.9 Å². The highest BCUT2D eigenvalue weighted by atomic mass is 32.2. The molecule has 32 heavy (non-hydrogen) atoms. The molecule has 0 aliphatic carbocycles. The van der Waals surface area contributed by atoms with E-state index in [-0.39, 0.29) is 10.8 Å². The first-order valence-corrected chi connectivity index (χ1v) is 11.4. The van der Waals surface area contributed by atoms with Gasteiger partial charge in [-0.15, -0.1) is 0 Å². The molecule has 0 atom stereocenters. The van der Waals surface area contributed by atoms with E-state index in [9.17, 15) is 18.0 Å². The van der Waals surface area contributed by atoms with Crippen LogP contribution in [-0.4, -0.2) is 26.8 Å². The lowest BCUT2D eigenvalue weighted by Gasteiger charge is -2.26. The second-order valence-corrected chi connectivity index (χ2v) is 9.29. The zero-order valence-electron chi connectivity index (χ0n) is 18.1. The molecule has 0 saturated carbocycles. The number of amides is 2. The standard InChI is InChI=1S/C24H25N3O4S/c1-17-12-13-23(18(2)14-17)27(32(30,31)22-10-5-4-6-11-22)16-24(29)26-21-9-7-8-20(15-21)25-19(3)28/h4-15H,16H2,1-3H3,(H,25,28)(H,26,29). The number of benzene rings is 3. The van der Waals surface area contributed by atoms with E-state index in [2.05, 4.69) is 10.6 Å². The molecule has 2 N–H and O–H groups in total. The van der Waals surface area contributed by atoms with Crippen molar-refractivity contribution >= 4 is 38.9 Å². The lowest BCUT2D eigenvalue weighted by atomic mass is 10.1. The van der Waals surface area contributed by atoms with E-state index in [0.29, 0.717) is 17.1 Å². The molecular formula is C24H25N3O4S. The van der Waals surface area contributed by atoms with Gasteiger partial charge in [0.1, 0.15) is 6.54 Å². The largest absolute Gasteiger partial charge is 0.326 e. The first-order valence-electron chi connectivity index (χ1n) is 9.99. The zero-order chi connectivity index (χ0) is 23.3. The van der Waals surface area contributed by atoms with Crippen molar-refractivity contribution in [1.82, 2.24) is 0 Å². The topological polar surface area (TPSA) is 95.6 Å². The normalized spacial score (nSPS) is 11.0. The summed E-state index contributed by atoms with van der Waals surface area (Å²) in [6, 6.07) is 20.0. The molecule has 0 spiro atoms. The Morgan fingerprint density at radius 2 is 1.50 bits per heavy atom. The Bertz CT molecular complexity index is 1240. The molecule has 0 bridgehead atoms. The van der Waals surface area contributed by atoms with Gasteiger partial charge in [0.25, 0.3) is 10.0 Å². The molecule has 0 heterocycles. The number of hydrogen-bond acceptors (Lipinski definition) is 4. The summed E-state index contributed by atoms with van der Waals surface area (Å²) >= 11 is 0. The third kappa shape index (κ3) is 5.53. The summed E-state index contributed by atoms with van der Waals surface area (Å²) in [4.78, 5) is 24.3. The van der Waals surface area contributed by atoms with Crippen LogP contribution in [0.5, 0.6) is 0 Å². The molecular weight excluding hydrogens is 426 g/mol. The number of anilines is 3. The van der Waals surface area contributed by atoms with Gasteiger partial charge in [-0.3, -0.25) is 13.9 Å². The smallest absolute Gasteiger partial charge is 0.264 e. The maximum atomic E-state index is 13.4. The summed E-state index contributed by atoms with van der Waals surface area (Å²) in [6.45, 7) is 4.71. The van der Waals surface area contributed by atoms with E-state index >= 15 is 0 Å². The van der Waals surface area contributed by atoms with Crippen molar-refractivity contribution in [2.24, 2.45) is 0 Å². The Hall–Kier alpha value is -3.65. The Morgan fingerprint density at radius 1 is 0.844 bits per heavy atom. The van der Waals surface area contributed by atoms with E-state index in [1.807, 2.05) is 26.0 Å². The van der Waals surface area contributed by atoms with Crippen LogP contribution in [0.1, 0.15) is 18.1 Å². The van der Waals surface area contributed by atoms with Crippen LogP contribution in [0.15, 0.2) is 77.7 Å². The van der Waals surface area contributed by atoms with Crippen LogP contribution >= 0.6 is 0 Å². The Balaban J connectivity index is 1.92. The number of aryl methyl sites for hydroxylation is 2. The highest BCUT2D eigenvalue weighted by molar-refractivity contribution is 7.92. The van der Waals surface area contributed by atoms with E-state index in [1.54, 1.807) is 48.5 Å². The number of nitrogens with one attached hydrogen (secondary N) is 2. The van der Waals surface area contributed by atoms with Gasteiger partial charge in [-0.25, -0.2) is 8.42 Å². The second kappa shape index (κ2) is 9.65. The van der Waals surface area contributed by atoms with Gasteiger partial charge in [0.2, 0.25) is 11.8 Å². The van der Waals surface area contributed by atoms with Crippen molar-refractivity contribution < 1.29 is 18.0 Å². The number of sulfonamides is 1. The average Bonchev–Trinajstić information content (AvgIpc) is 2.73. The summed E-state index contributed by atoms with van der Waals surface area (Å²) in [5.41, 5.74) is 3.13. The molecule has 3 rings (SSSR count). The van der Waals surface area contributed by atoms with E-state index < -0.39 is 22.5 Å². The van der Waals surface area contributed by atoms with Crippen LogP contribution in [0, 0.1) is 13.8 Å². The summed E-state index contributed by atoms with van der Waals surface area (Å²) in [7, 11) is -3.99. The molecule has 0 unspecified atom stereocenters. The van der Waals surface area contributed by atoms with Crippen molar-refractivity contribution in [3.05, 3.63) is 83.9 Å². The lowest BCUT2D eigenvalue weighted by molar-refractivity contribution is -0.115. The van der Waals surface area contributed by atoms with Gasteiger partial charge in [0.15, 0.2) is 0 Å². The molecule has 0 fully saturated rings. The molecule has 3 aromatic carbocycles. The predicted molar refractivity (Wildman–Crippen MR) is 126 cm³/mol. The minimum atomic E-state index is -3.99. The maximum Gasteiger partial charge on any atom is 0.264 e. The minimum absolute atomic E-state index is 0.0976. The van der Waals surface area contributed by atoms with Gasteiger partial charge in [-0.05, 0) is 55.8 Å². The molecule has 0 aliphatic heterocycles. The van der Waals surface area contributed by atoms with Crippen molar-refractivity contribution in [2.45, 2.75) is 25.7 Å². The fraction of sp³-hybridized carbons (Fsp3) is 0.167. The molecule has 7 nitrogen and oxygen atoms in total. The van der Waals surface area contributed by atoms with Crippen molar-refractivity contribution in [2.75, 3.05) is 21.5 Å². The van der Waals surface area contributed by atoms with Crippen molar-refractivity contribution in [3.63, 3.8) is 0 Å². The third-order valence-corrected chi connectivity index (χ3v) is 6.48. The number of rotatable bonds is 7. The first kappa shape index (κ1) is 23.0. The zero-order valence-corrected chi connectivity index (χ0v) is 18.9. The Labute approximate surface area is 188 Å². The molecule has 0 saturated heterocycles. The van der Waals surface area contributed by atoms with Crippen molar-refractivity contribution in [3.8, 4) is 0 Å². The Kier molecular flexibility index (Phi) is 6.95. The molecule has 8 heteroatoms. The highest BCUT2D eigenvalue weighted by Gasteiger charge is 2.28. The van der Waals surface area contributed by atoms with E-state index in [4.69, 9.17) is 0 Å². The van der Waals surface area contributed by atoms with Crippen LogP contribution in [0.4, 0.5) is 17.1 Å². The third-order valence-electron chi connectivity index (χ3n) is 4.71. The number of nitrogens with zero attached hydrogens (tertiary/aromatic N) is 1. The van der Waals surface area contributed by atoms with Gasteiger partial charge < -0.3 is 10.6 Å². The van der Waals surface area contributed by atoms with Crippen LogP contribution in [0.2, 0.25) is 0 Å². The van der Waals surface area contributed by atoms with Gasteiger partial charge in [0, 0.05) is 18.3 Å². The van der Waals surface area contributed by atoms with E-state index in [0.717, 1.165) is 15.4 Å². The fourth-order valence-corrected chi connectivity index (χ4v) is 4.82. The summed E-state index contributed by atoms with van der Waals surface area (Å²) in [5.74, 6) is -0.743. The summed E-state index contributed by atoms with van der Waals surface area (Å²) < 4.78 is 28.0. The van der Waals surface area contributed by atoms with Gasteiger partial charge in [-0.2, -0.15) is 0 Å². The molecule has 166 valence electrons. The van der Waals surface area contributed by atoms with Crippen LogP contribution in [0.25, 0.3) is 0 Å². The van der Waals surface area contributed by atoms with Gasteiger partial charge in [0.05, 0.1) is 10.6 Å². The summed E-state index contributed by atoms with van der Waals surface area (Å²) in [6.07, 6.45) is 0. The van der Waals surface area contributed by atoms with E-state index in [1.165, 1.54) is 19.1 Å². The molecule has 2 amide bonds. The predicted octanol–water partition coefficient (Wildman–Crippen LogP) is 4.10. The fourth-order valence-electron chi connectivity index (χ4n) is 3.31. The molecule has 0 radical (unpaired) electrons. The molecule has 0 aromatic heterocycles. The quantitative estimate of drug-likeness (QED) is 0.565. The molecule has 0 aliphatic rings. The molecule has 3 aromatic rings. The number of carbonyl (C=O) groups excluding carboxylic acids is 2. The average molecular weight is 452 g/mol. The monoisotopic (exact) mass is 451 g/mol. The van der Waals surface area contributed by atoms with Crippen LogP contribution in [0.3, 0.4) is 0 Å². The van der Waals surface area contributed by atoms with Crippen molar-refractivity contribution in [1.29, 1.82) is 0 Å². The maximum absolute atomic E-state index is 13.4. The van der Waals surface area contributed by atoms with Gasteiger partial charge >= 0.3 is 0 Å². The summed E-state index contributed by atoms with van der Waals surface area (Å²) in [5, 5.41) is 5.36. The van der Waals surface area contributed by atoms with Gasteiger partial charge in [-0.1, -0.05) is 42.0 Å². The highest BCUT2D eigenvalue weighted by Crippen LogP contribution is 2.27. The number of hydrogen-bond donors (Lipinski definition) is 2. The first-order chi connectivity index (χ1) is 15.2. The lowest BCUT2D eigenvalue weighted by Crippen LogP contribution is -2.38. The van der Waals surface area contributed by atoms with Crippen LogP contribution in [-0.2, 0) is 19.6 Å². The minimum Gasteiger partial charge on any atom is -0.326 e. The second-order valence-electron chi connectivity index (χ2n) is 7.42. The number of carbonyl (C=O) groups is 2.